The van der Waals surface area contributed by atoms with Gasteiger partial charge in [0.15, 0.2) is 0 Å². The van der Waals surface area contributed by atoms with Crippen molar-refractivity contribution in [3.05, 3.63) is 100 Å². The number of likely N-dealkylation sites (tertiary alicyclic amines) is 1. The first-order chi connectivity index (χ1) is 18.0. The Hall–Kier alpha value is -3.17. The summed E-state index contributed by atoms with van der Waals surface area (Å²) in [6.45, 7) is 0.947. The number of aromatic nitrogens is 1. The molecular weight excluding hydrogens is 520 g/mol. The van der Waals surface area contributed by atoms with E-state index in [2.05, 4.69) is 15.2 Å². The summed E-state index contributed by atoms with van der Waals surface area (Å²) < 4.78 is 56.1. The number of nitrogens with one attached hydrogen (secondary N) is 1. The molecule has 1 aliphatic heterocycles. The molecule has 38 heavy (non-hydrogen) atoms. The van der Waals surface area contributed by atoms with E-state index in [0.717, 1.165) is 25.0 Å². The van der Waals surface area contributed by atoms with Crippen molar-refractivity contribution in [1.82, 2.24) is 20.1 Å². The molecule has 0 radical (unpaired) electrons. The Balaban J connectivity index is 1.85. The van der Waals surface area contributed by atoms with Crippen LogP contribution in [0.4, 0.5) is 22.4 Å². The van der Waals surface area contributed by atoms with Gasteiger partial charge in [0.1, 0.15) is 11.4 Å². The van der Waals surface area contributed by atoms with Crippen LogP contribution in [0.25, 0.3) is 0 Å². The Kier molecular flexibility index (Phi) is 8.28. The third-order valence-electron chi connectivity index (χ3n) is 7.00. The van der Waals surface area contributed by atoms with Gasteiger partial charge in [-0.15, -0.1) is 0 Å². The molecule has 1 fully saturated rings. The second kappa shape index (κ2) is 11.3. The van der Waals surface area contributed by atoms with Gasteiger partial charge in [-0.1, -0.05) is 41.9 Å². The van der Waals surface area contributed by atoms with Gasteiger partial charge in [0, 0.05) is 31.7 Å². The predicted molar refractivity (Wildman–Crippen MR) is 138 cm³/mol. The van der Waals surface area contributed by atoms with Crippen LogP contribution in [0, 0.1) is 5.82 Å². The number of benzene rings is 2. The van der Waals surface area contributed by atoms with Gasteiger partial charge in [-0.3, -0.25) is 4.98 Å². The maximum atomic E-state index is 14.7. The Bertz CT molecular complexity index is 1250. The van der Waals surface area contributed by atoms with Gasteiger partial charge in [0.05, 0.1) is 16.3 Å². The standard InChI is InChI=1S/C28H29ClF4N4O/c1-36(2)24-10-12-37(13-11-24)26(38)35-27(17-19-6-4-3-5-7-19,25-9-8-22(29)18-34-25)20-14-21(28(31,32)33)16-23(30)15-20/h3-9,14-16,18,24H,10-13,17H2,1-2H3,(H,35,38)/t27-/m1/s1. The zero-order valence-electron chi connectivity index (χ0n) is 21.1. The molecule has 5 nitrogen and oxygen atoms in total. The first-order valence-electron chi connectivity index (χ1n) is 12.3. The Morgan fingerprint density at radius 2 is 1.71 bits per heavy atom. The predicted octanol–water partition coefficient (Wildman–Crippen LogP) is 6.11. The molecule has 3 aromatic rings. The van der Waals surface area contributed by atoms with Crippen LogP contribution in [-0.4, -0.2) is 54.0 Å². The van der Waals surface area contributed by atoms with E-state index in [1.165, 1.54) is 6.20 Å². The number of nitrogens with zero attached hydrogens (tertiary/aromatic N) is 3. The van der Waals surface area contributed by atoms with E-state index in [4.69, 9.17) is 11.6 Å². The number of amides is 2. The third-order valence-corrected chi connectivity index (χ3v) is 7.22. The van der Waals surface area contributed by atoms with E-state index < -0.39 is 29.1 Å². The fourth-order valence-electron chi connectivity index (χ4n) is 4.90. The number of piperidine rings is 1. The molecule has 0 bridgehead atoms. The molecule has 0 unspecified atom stereocenters. The monoisotopic (exact) mass is 548 g/mol. The van der Waals surface area contributed by atoms with Crippen LogP contribution in [0.2, 0.25) is 5.02 Å². The number of halogens is 5. The smallest absolute Gasteiger partial charge is 0.325 e. The van der Waals surface area contributed by atoms with Crippen molar-refractivity contribution in [2.45, 2.75) is 37.0 Å². The number of urea groups is 1. The van der Waals surface area contributed by atoms with E-state index in [-0.39, 0.29) is 17.7 Å². The van der Waals surface area contributed by atoms with Crippen LogP contribution in [0.1, 0.15) is 35.2 Å². The maximum Gasteiger partial charge on any atom is 0.416 e. The number of hydrogen-bond donors (Lipinski definition) is 1. The van der Waals surface area contributed by atoms with Gasteiger partial charge in [-0.2, -0.15) is 13.2 Å². The summed E-state index contributed by atoms with van der Waals surface area (Å²) in [6.07, 6.45) is -1.90. The third kappa shape index (κ3) is 6.27. The number of carbonyl (C=O) groups excluding carboxylic acids is 1. The number of pyridine rings is 1. The van der Waals surface area contributed by atoms with Gasteiger partial charge >= 0.3 is 12.2 Å². The number of carbonyl (C=O) groups is 1. The highest BCUT2D eigenvalue weighted by molar-refractivity contribution is 6.30. The molecule has 2 heterocycles. The Morgan fingerprint density at radius 1 is 1.05 bits per heavy atom. The molecule has 2 amide bonds. The lowest BCUT2D eigenvalue weighted by molar-refractivity contribution is -0.137. The molecule has 2 aromatic carbocycles. The van der Waals surface area contributed by atoms with Crippen molar-refractivity contribution in [3.8, 4) is 0 Å². The fourth-order valence-corrected chi connectivity index (χ4v) is 5.01. The lowest BCUT2D eigenvalue weighted by Crippen LogP contribution is -2.56. The zero-order chi connectivity index (χ0) is 27.5. The summed E-state index contributed by atoms with van der Waals surface area (Å²) in [5.74, 6) is -1.07. The summed E-state index contributed by atoms with van der Waals surface area (Å²) >= 11 is 6.07. The average molecular weight is 549 g/mol. The van der Waals surface area contributed by atoms with Crippen LogP contribution in [0.5, 0.6) is 0 Å². The normalized spacial score (nSPS) is 16.4. The highest BCUT2D eigenvalue weighted by Gasteiger charge is 2.42. The second-order valence-electron chi connectivity index (χ2n) is 9.77. The van der Waals surface area contributed by atoms with E-state index in [1.54, 1.807) is 41.3 Å². The molecule has 1 atom stereocenters. The van der Waals surface area contributed by atoms with Gasteiger partial charge < -0.3 is 15.1 Å². The second-order valence-corrected chi connectivity index (χ2v) is 10.2. The summed E-state index contributed by atoms with van der Waals surface area (Å²) in [7, 11) is 3.97. The molecule has 0 aliphatic carbocycles. The molecule has 202 valence electrons. The van der Waals surface area contributed by atoms with Crippen LogP contribution in [0.15, 0.2) is 66.9 Å². The SMILES string of the molecule is CN(C)C1CCN(C(=O)N[C@](Cc2ccccc2)(c2cc(F)cc(C(F)(F)F)c2)c2ccc(Cl)cn2)CC1. The van der Waals surface area contributed by atoms with Crippen LogP contribution in [-0.2, 0) is 18.1 Å². The van der Waals surface area contributed by atoms with Crippen LogP contribution in [0.3, 0.4) is 0 Å². The van der Waals surface area contributed by atoms with Crippen molar-refractivity contribution in [2.24, 2.45) is 0 Å². The van der Waals surface area contributed by atoms with E-state index >= 15 is 0 Å². The molecule has 1 aliphatic rings. The first kappa shape index (κ1) is 27.9. The number of hydrogen-bond acceptors (Lipinski definition) is 3. The maximum absolute atomic E-state index is 14.7. The minimum atomic E-state index is -4.79. The van der Waals surface area contributed by atoms with Crippen molar-refractivity contribution in [1.29, 1.82) is 0 Å². The van der Waals surface area contributed by atoms with E-state index in [9.17, 15) is 22.4 Å². The molecule has 10 heteroatoms. The Morgan fingerprint density at radius 3 is 2.29 bits per heavy atom. The van der Waals surface area contributed by atoms with E-state index in [1.807, 2.05) is 20.2 Å². The lowest BCUT2D eigenvalue weighted by atomic mass is 9.79. The molecule has 1 N–H and O–H groups in total. The van der Waals surface area contributed by atoms with Crippen molar-refractivity contribution < 1.29 is 22.4 Å². The number of rotatable bonds is 6. The van der Waals surface area contributed by atoms with Gasteiger partial charge in [-0.25, -0.2) is 9.18 Å². The van der Waals surface area contributed by atoms with Crippen molar-refractivity contribution >= 4 is 17.6 Å². The van der Waals surface area contributed by atoms with E-state index in [0.29, 0.717) is 35.8 Å². The minimum Gasteiger partial charge on any atom is -0.325 e. The van der Waals surface area contributed by atoms with Gasteiger partial charge in [0.25, 0.3) is 0 Å². The molecule has 1 aromatic heterocycles. The summed E-state index contributed by atoms with van der Waals surface area (Å²) in [5.41, 5.74) is -1.89. The highest BCUT2D eigenvalue weighted by Crippen LogP contribution is 2.38. The molecule has 0 spiro atoms. The molecule has 4 rings (SSSR count). The van der Waals surface area contributed by atoms with Gasteiger partial charge in [-0.05, 0) is 68.4 Å². The molecule has 1 saturated heterocycles. The largest absolute Gasteiger partial charge is 0.416 e. The quantitative estimate of drug-likeness (QED) is 0.378. The van der Waals surface area contributed by atoms with Crippen molar-refractivity contribution in [2.75, 3.05) is 27.2 Å². The van der Waals surface area contributed by atoms with Crippen LogP contribution >= 0.6 is 11.6 Å². The van der Waals surface area contributed by atoms with Crippen LogP contribution < -0.4 is 5.32 Å². The number of alkyl halides is 3. The summed E-state index contributed by atoms with van der Waals surface area (Å²) in [5, 5.41) is 3.30. The average Bonchev–Trinajstić information content (AvgIpc) is 2.88. The van der Waals surface area contributed by atoms with Crippen molar-refractivity contribution in [3.63, 3.8) is 0 Å². The molecule has 0 saturated carbocycles. The highest BCUT2D eigenvalue weighted by atomic mass is 35.5. The molecular formula is C28H29ClF4N4O. The summed E-state index contributed by atoms with van der Waals surface area (Å²) in [6, 6.07) is 14.3. The zero-order valence-corrected chi connectivity index (χ0v) is 21.9. The first-order valence-corrected chi connectivity index (χ1v) is 12.6. The lowest BCUT2D eigenvalue weighted by Gasteiger charge is -2.40. The minimum absolute atomic E-state index is 0.0309. The fraction of sp³-hybridized carbons (Fsp3) is 0.357. The Labute approximate surface area is 224 Å². The topological polar surface area (TPSA) is 48.5 Å². The summed E-state index contributed by atoms with van der Waals surface area (Å²) in [4.78, 5) is 21.8. The van der Waals surface area contributed by atoms with Gasteiger partial charge in [0.2, 0.25) is 0 Å².